The first kappa shape index (κ1) is 7.86. The van der Waals surface area contributed by atoms with E-state index in [9.17, 15) is 4.79 Å². The molecule has 3 N–H and O–H groups in total. The van der Waals surface area contributed by atoms with Gasteiger partial charge in [0.1, 0.15) is 0 Å². The van der Waals surface area contributed by atoms with E-state index in [-0.39, 0.29) is 0 Å². The molecule has 1 heterocycles. The zero-order valence-corrected chi connectivity index (χ0v) is 6.97. The minimum Gasteiger partial charge on any atom is -0.465 e. The molecular formula is C8H14N2O2. The SMILES string of the molecule is O=C(O)NCC1CC2(CC2)CN1. The van der Waals surface area contributed by atoms with Crippen molar-refractivity contribution in [1.29, 1.82) is 0 Å². The molecule has 4 nitrogen and oxygen atoms in total. The van der Waals surface area contributed by atoms with Crippen molar-refractivity contribution in [3.8, 4) is 0 Å². The number of hydrogen-bond donors (Lipinski definition) is 3. The molecule has 0 aromatic carbocycles. The minimum atomic E-state index is -0.923. The molecule has 1 aliphatic carbocycles. The third kappa shape index (κ3) is 1.53. The highest BCUT2D eigenvalue weighted by atomic mass is 16.4. The molecule has 12 heavy (non-hydrogen) atoms. The van der Waals surface area contributed by atoms with Crippen LogP contribution in [0.3, 0.4) is 0 Å². The van der Waals surface area contributed by atoms with Gasteiger partial charge in [-0.3, -0.25) is 0 Å². The van der Waals surface area contributed by atoms with Gasteiger partial charge in [-0.2, -0.15) is 0 Å². The average Bonchev–Trinajstić information content (AvgIpc) is 2.60. The normalized spacial score (nSPS) is 30.5. The van der Waals surface area contributed by atoms with E-state index in [0.717, 1.165) is 13.0 Å². The van der Waals surface area contributed by atoms with Crippen molar-refractivity contribution < 1.29 is 9.90 Å². The van der Waals surface area contributed by atoms with Gasteiger partial charge in [-0.05, 0) is 24.7 Å². The third-order valence-corrected chi connectivity index (χ3v) is 2.90. The number of hydrogen-bond acceptors (Lipinski definition) is 2. The van der Waals surface area contributed by atoms with Gasteiger partial charge in [0.15, 0.2) is 0 Å². The van der Waals surface area contributed by atoms with Gasteiger partial charge in [0.2, 0.25) is 0 Å². The Morgan fingerprint density at radius 3 is 2.92 bits per heavy atom. The van der Waals surface area contributed by atoms with Gasteiger partial charge in [-0.15, -0.1) is 0 Å². The maximum Gasteiger partial charge on any atom is 0.404 e. The maximum atomic E-state index is 10.2. The van der Waals surface area contributed by atoms with Crippen LogP contribution in [0.1, 0.15) is 19.3 Å². The van der Waals surface area contributed by atoms with E-state index in [1.165, 1.54) is 12.8 Å². The summed E-state index contributed by atoms with van der Waals surface area (Å²) in [7, 11) is 0. The molecular weight excluding hydrogens is 156 g/mol. The Labute approximate surface area is 71.3 Å². The van der Waals surface area contributed by atoms with Crippen molar-refractivity contribution in [2.75, 3.05) is 13.1 Å². The molecule has 2 rings (SSSR count). The fourth-order valence-corrected chi connectivity index (χ4v) is 1.94. The summed E-state index contributed by atoms with van der Waals surface area (Å²) in [6.07, 6.45) is 2.87. The van der Waals surface area contributed by atoms with Crippen molar-refractivity contribution >= 4 is 6.09 Å². The Morgan fingerprint density at radius 2 is 2.42 bits per heavy atom. The monoisotopic (exact) mass is 170 g/mol. The van der Waals surface area contributed by atoms with Crippen LogP contribution in [0.2, 0.25) is 0 Å². The summed E-state index contributed by atoms with van der Waals surface area (Å²) in [6, 6.07) is 0.364. The molecule has 1 saturated heterocycles. The summed E-state index contributed by atoms with van der Waals surface area (Å²) in [4.78, 5) is 10.2. The minimum absolute atomic E-state index is 0.364. The molecule has 1 atom stereocenters. The third-order valence-electron chi connectivity index (χ3n) is 2.90. The fraction of sp³-hybridized carbons (Fsp3) is 0.875. The molecule has 1 spiro atoms. The van der Waals surface area contributed by atoms with Crippen molar-refractivity contribution in [2.45, 2.75) is 25.3 Å². The predicted molar refractivity (Wildman–Crippen MR) is 44.1 cm³/mol. The lowest BCUT2D eigenvalue weighted by molar-refractivity contribution is 0.193. The highest BCUT2D eigenvalue weighted by Gasteiger charge is 2.47. The maximum absolute atomic E-state index is 10.2. The van der Waals surface area contributed by atoms with Gasteiger partial charge in [0.25, 0.3) is 0 Å². The molecule has 1 aliphatic heterocycles. The molecule has 0 aromatic rings. The Balaban J connectivity index is 1.73. The van der Waals surface area contributed by atoms with Gasteiger partial charge < -0.3 is 15.7 Å². The summed E-state index contributed by atoms with van der Waals surface area (Å²) in [5.41, 5.74) is 0.560. The number of carbonyl (C=O) groups is 1. The fourth-order valence-electron chi connectivity index (χ4n) is 1.94. The highest BCUT2D eigenvalue weighted by molar-refractivity contribution is 5.64. The lowest BCUT2D eigenvalue weighted by Crippen LogP contribution is -2.36. The molecule has 1 saturated carbocycles. The molecule has 0 bridgehead atoms. The first-order chi connectivity index (χ1) is 5.70. The summed E-state index contributed by atoms with van der Waals surface area (Å²) in [6.45, 7) is 1.63. The second kappa shape index (κ2) is 2.62. The smallest absolute Gasteiger partial charge is 0.404 e. The summed E-state index contributed by atoms with van der Waals surface area (Å²) in [5.74, 6) is 0. The van der Waals surface area contributed by atoms with E-state index in [1.54, 1.807) is 0 Å². The van der Waals surface area contributed by atoms with Crippen LogP contribution in [0.25, 0.3) is 0 Å². The van der Waals surface area contributed by atoms with E-state index in [1.807, 2.05) is 0 Å². The molecule has 0 radical (unpaired) electrons. The van der Waals surface area contributed by atoms with E-state index in [4.69, 9.17) is 5.11 Å². The van der Waals surface area contributed by atoms with E-state index in [2.05, 4.69) is 10.6 Å². The van der Waals surface area contributed by atoms with Crippen LogP contribution in [-0.4, -0.2) is 30.3 Å². The van der Waals surface area contributed by atoms with E-state index < -0.39 is 6.09 Å². The van der Waals surface area contributed by atoms with Crippen LogP contribution < -0.4 is 10.6 Å². The number of carboxylic acid groups (broad SMARTS) is 1. The lowest BCUT2D eigenvalue weighted by atomic mass is 10.0. The number of nitrogens with one attached hydrogen (secondary N) is 2. The zero-order valence-electron chi connectivity index (χ0n) is 6.97. The van der Waals surface area contributed by atoms with Crippen LogP contribution in [-0.2, 0) is 0 Å². The van der Waals surface area contributed by atoms with Crippen LogP contribution >= 0.6 is 0 Å². The van der Waals surface area contributed by atoms with Crippen molar-refractivity contribution in [1.82, 2.24) is 10.6 Å². The molecule has 0 aromatic heterocycles. The van der Waals surface area contributed by atoms with Gasteiger partial charge in [-0.1, -0.05) is 0 Å². The van der Waals surface area contributed by atoms with Crippen LogP contribution in [0.4, 0.5) is 4.79 Å². The first-order valence-electron chi connectivity index (χ1n) is 4.40. The van der Waals surface area contributed by atoms with Crippen molar-refractivity contribution in [2.24, 2.45) is 5.41 Å². The summed E-state index contributed by atoms with van der Waals surface area (Å²) < 4.78 is 0. The van der Waals surface area contributed by atoms with Crippen molar-refractivity contribution in [3.05, 3.63) is 0 Å². The number of rotatable bonds is 2. The molecule has 68 valence electrons. The average molecular weight is 170 g/mol. The van der Waals surface area contributed by atoms with Gasteiger partial charge in [0, 0.05) is 19.1 Å². The predicted octanol–water partition coefficient (Wildman–Crippen LogP) is 0.396. The van der Waals surface area contributed by atoms with Gasteiger partial charge in [-0.25, -0.2) is 4.79 Å². The van der Waals surface area contributed by atoms with Crippen LogP contribution in [0, 0.1) is 5.41 Å². The second-order valence-electron chi connectivity index (χ2n) is 3.97. The Morgan fingerprint density at radius 1 is 1.67 bits per heavy atom. The quantitative estimate of drug-likeness (QED) is 0.562. The van der Waals surface area contributed by atoms with E-state index >= 15 is 0 Å². The summed E-state index contributed by atoms with van der Waals surface area (Å²) in [5, 5.41) is 14.1. The van der Waals surface area contributed by atoms with Crippen LogP contribution in [0.5, 0.6) is 0 Å². The summed E-state index contributed by atoms with van der Waals surface area (Å²) >= 11 is 0. The Hall–Kier alpha value is -0.770. The standard InChI is InChI=1S/C8H14N2O2/c11-7(12)9-4-6-3-8(1-2-8)5-10-6/h6,9-10H,1-5H2,(H,11,12). The van der Waals surface area contributed by atoms with Crippen LogP contribution in [0.15, 0.2) is 0 Å². The second-order valence-corrected chi connectivity index (χ2v) is 3.97. The van der Waals surface area contributed by atoms with Gasteiger partial charge in [0.05, 0.1) is 0 Å². The molecule has 2 fully saturated rings. The molecule has 1 amide bonds. The molecule has 1 unspecified atom stereocenters. The number of amides is 1. The molecule has 4 heteroatoms. The Kier molecular flexibility index (Phi) is 1.72. The Bertz CT molecular complexity index is 201. The largest absolute Gasteiger partial charge is 0.465 e. The highest BCUT2D eigenvalue weighted by Crippen LogP contribution is 2.51. The lowest BCUT2D eigenvalue weighted by Gasteiger charge is -2.08. The topological polar surface area (TPSA) is 61.4 Å². The van der Waals surface area contributed by atoms with E-state index in [0.29, 0.717) is 18.0 Å². The zero-order chi connectivity index (χ0) is 8.60. The van der Waals surface area contributed by atoms with Crippen molar-refractivity contribution in [3.63, 3.8) is 0 Å². The van der Waals surface area contributed by atoms with Gasteiger partial charge >= 0.3 is 6.09 Å². The molecule has 2 aliphatic rings. The first-order valence-corrected chi connectivity index (χ1v) is 4.40.